The number of aryl methyl sites for hydroxylation is 1. The van der Waals surface area contributed by atoms with E-state index in [1.807, 2.05) is 19.1 Å². The van der Waals surface area contributed by atoms with Gasteiger partial charge in [0.05, 0.1) is 12.9 Å². The van der Waals surface area contributed by atoms with E-state index in [0.29, 0.717) is 19.5 Å². The summed E-state index contributed by atoms with van der Waals surface area (Å²) in [5, 5.41) is 6.50. The van der Waals surface area contributed by atoms with Crippen molar-refractivity contribution in [3.63, 3.8) is 0 Å². The number of benzene rings is 1. The van der Waals surface area contributed by atoms with Crippen LogP contribution in [0.25, 0.3) is 0 Å². The van der Waals surface area contributed by atoms with E-state index in [0.717, 1.165) is 36.8 Å². The Labute approximate surface area is 180 Å². The molecule has 0 fully saturated rings. The highest BCUT2D eigenvalue weighted by Gasteiger charge is 2.05. The number of nitrogens with zero attached hydrogens (tertiary/aromatic N) is 1. The first-order valence-corrected chi connectivity index (χ1v) is 10.7. The molecule has 1 rings (SSSR count). The fourth-order valence-corrected chi connectivity index (χ4v) is 3.02. The molecule has 7 nitrogen and oxygen atoms in total. The summed E-state index contributed by atoms with van der Waals surface area (Å²) in [6.45, 7) is 8.15. The van der Waals surface area contributed by atoms with Gasteiger partial charge in [0.15, 0.2) is 5.96 Å². The van der Waals surface area contributed by atoms with Crippen molar-refractivity contribution in [2.45, 2.75) is 33.6 Å². The minimum atomic E-state index is -3.13. The van der Waals surface area contributed by atoms with Gasteiger partial charge in [0, 0.05) is 26.2 Å². The summed E-state index contributed by atoms with van der Waals surface area (Å²) in [6, 6.07) is 6.15. The molecule has 0 atom stereocenters. The van der Waals surface area contributed by atoms with Gasteiger partial charge in [0.2, 0.25) is 10.0 Å². The highest BCUT2D eigenvalue weighted by Crippen LogP contribution is 2.19. The van der Waals surface area contributed by atoms with Gasteiger partial charge in [0.1, 0.15) is 5.75 Å². The summed E-state index contributed by atoms with van der Waals surface area (Å²) in [5.41, 5.74) is 2.36. The fourth-order valence-electron chi connectivity index (χ4n) is 2.36. The average Bonchev–Trinajstić information content (AvgIpc) is 2.61. The van der Waals surface area contributed by atoms with Crippen LogP contribution in [0.5, 0.6) is 5.75 Å². The first-order valence-electron chi connectivity index (χ1n) is 9.04. The van der Waals surface area contributed by atoms with E-state index in [9.17, 15) is 8.42 Å². The number of guanidine groups is 1. The second kappa shape index (κ2) is 14.0. The minimum Gasteiger partial charge on any atom is -0.496 e. The second-order valence-electron chi connectivity index (χ2n) is 5.90. The van der Waals surface area contributed by atoms with Gasteiger partial charge < -0.3 is 15.4 Å². The molecule has 27 heavy (non-hydrogen) atoms. The molecular formula is C18H33IN4O3S. The van der Waals surface area contributed by atoms with Crippen LogP contribution in [0.15, 0.2) is 23.2 Å². The van der Waals surface area contributed by atoms with Gasteiger partial charge in [0.25, 0.3) is 0 Å². The normalized spacial score (nSPS) is 11.6. The Balaban J connectivity index is 0.00000676. The number of rotatable bonds is 11. The van der Waals surface area contributed by atoms with E-state index in [1.165, 1.54) is 5.56 Å². The van der Waals surface area contributed by atoms with Gasteiger partial charge in [-0.1, -0.05) is 17.7 Å². The third-order valence-electron chi connectivity index (χ3n) is 3.77. The molecule has 1 aromatic carbocycles. The quantitative estimate of drug-likeness (QED) is 0.183. The number of hydrogen-bond donors (Lipinski definition) is 3. The highest BCUT2D eigenvalue weighted by molar-refractivity contribution is 14.0. The number of halogens is 1. The van der Waals surface area contributed by atoms with E-state index in [1.54, 1.807) is 14.0 Å². The van der Waals surface area contributed by atoms with Crippen LogP contribution in [0.2, 0.25) is 0 Å². The lowest BCUT2D eigenvalue weighted by molar-refractivity contribution is 0.409. The lowest BCUT2D eigenvalue weighted by atomic mass is 10.1. The van der Waals surface area contributed by atoms with Crippen molar-refractivity contribution in [2.24, 2.45) is 4.99 Å². The maximum absolute atomic E-state index is 11.4. The topological polar surface area (TPSA) is 91.8 Å². The monoisotopic (exact) mass is 512 g/mol. The standard InChI is InChI=1S/C18H32N4O3S.HI/c1-5-19-18(20-11-7-12-22-26(23,24)6-2)21-13-10-16-14-15(3)8-9-17(16)25-4;/h8-9,14,22H,5-7,10-13H2,1-4H3,(H2,19,20,21);1H. The van der Waals surface area contributed by atoms with E-state index < -0.39 is 10.0 Å². The molecule has 0 unspecified atom stereocenters. The predicted molar refractivity (Wildman–Crippen MR) is 123 cm³/mol. The van der Waals surface area contributed by atoms with Gasteiger partial charge >= 0.3 is 0 Å². The zero-order valence-corrected chi connectivity index (χ0v) is 19.8. The van der Waals surface area contributed by atoms with Crippen LogP contribution in [0.1, 0.15) is 31.4 Å². The van der Waals surface area contributed by atoms with Crippen LogP contribution in [-0.4, -0.2) is 53.4 Å². The SMILES string of the molecule is CCNC(=NCCCNS(=O)(=O)CC)NCCc1cc(C)ccc1OC.I. The average molecular weight is 512 g/mol. The summed E-state index contributed by atoms with van der Waals surface area (Å²) in [7, 11) is -1.45. The first kappa shape index (κ1) is 25.9. The number of nitrogens with one attached hydrogen (secondary N) is 3. The molecule has 0 spiro atoms. The molecule has 9 heteroatoms. The summed E-state index contributed by atoms with van der Waals surface area (Å²) < 4.78 is 30.7. The van der Waals surface area contributed by atoms with Gasteiger partial charge in [-0.05, 0) is 45.2 Å². The van der Waals surface area contributed by atoms with Crippen LogP contribution in [0.3, 0.4) is 0 Å². The third-order valence-corrected chi connectivity index (χ3v) is 5.18. The van der Waals surface area contributed by atoms with Crippen molar-refractivity contribution < 1.29 is 13.2 Å². The number of ether oxygens (including phenoxy) is 1. The minimum absolute atomic E-state index is 0. The van der Waals surface area contributed by atoms with Gasteiger partial charge in [-0.3, -0.25) is 4.99 Å². The molecule has 0 bridgehead atoms. The lowest BCUT2D eigenvalue weighted by Gasteiger charge is -2.13. The second-order valence-corrected chi connectivity index (χ2v) is 8.00. The zero-order valence-electron chi connectivity index (χ0n) is 16.7. The Kier molecular flexibility index (Phi) is 13.4. The van der Waals surface area contributed by atoms with Crippen LogP contribution >= 0.6 is 24.0 Å². The Hall–Kier alpha value is -1.07. The van der Waals surface area contributed by atoms with Crippen LogP contribution in [0, 0.1) is 6.92 Å². The molecule has 0 aliphatic carbocycles. The van der Waals surface area contributed by atoms with Gasteiger partial charge in [-0.25, -0.2) is 13.1 Å². The van der Waals surface area contributed by atoms with Crippen LogP contribution in [0.4, 0.5) is 0 Å². The molecule has 0 aliphatic rings. The molecule has 0 saturated carbocycles. The smallest absolute Gasteiger partial charge is 0.211 e. The van der Waals surface area contributed by atoms with E-state index in [2.05, 4.69) is 33.3 Å². The largest absolute Gasteiger partial charge is 0.496 e. The first-order chi connectivity index (χ1) is 12.4. The summed E-state index contributed by atoms with van der Waals surface area (Å²) in [6.07, 6.45) is 1.48. The number of sulfonamides is 1. The Morgan fingerprint density at radius 2 is 1.93 bits per heavy atom. The molecule has 156 valence electrons. The molecule has 0 aliphatic heterocycles. The number of aliphatic imine (C=N–C) groups is 1. The molecular weight excluding hydrogens is 479 g/mol. The Bertz CT molecular complexity index is 681. The van der Waals surface area contributed by atoms with Crippen molar-refractivity contribution in [2.75, 3.05) is 39.0 Å². The summed E-state index contributed by atoms with van der Waals surface area (Å²) >= 11 is 0. The third kappa shape index (κ3) is 10.7. The molecule has 0 aromatic heterocycles. The highest BCUT2D eigenvalue weighted by atomic mass is 127. The molecule has 1 aromatic rings. The summed E-state index contributed by atoms with van der Waals surface area (Å²) in [5.74, 6) is 1.73. The zero-order chi connectivity index (χ0) is 19.4. The van der Waals surface area contributed by atoms with Crippen molar-refractivity contribution in [1.29, 1.82) is 0 Å². The van der Waals surface area contributed by atoms with Crippen molar-refractivity contribution in [3.05, 3.63) is 29.3 Å². The van der Waals surface area contributed by atoms with Crippen molar-refractivity contribution in [1.82, 2.24) is 15.4 Å². The Morgan fingerprint density at radius 1 is 1.19 bits per heavy atom. The predicted octanol–water partition coefficient (Wildman–Crippen LogP) is 2.05. The van der Waals surface area contributed by atoms with E-state index >= 15 is 0 Å². The number of hydrogen-bond acceptors (Lipinski definition) is 4. The van der Waals surface area contributed by atoms with Crippen LogP contribution in [-0.2, 0) is 16.4 Å². The van der Waals surface area contributed by atoms with E-state index in [4.69, 9.17) is 4.74 Å². The molecule has 0 amide bonds. The molecule has 3 N–H and O–H groups in total. The molecule has 0 heterocycles. The molecule has 0 saturated heterocycles. The maximum atomic E-state index is 11.4. The fraction of sp³-hybridized carbons (Fsp3) is 0.611. The van der Waals surface area contributed by atoms with Crippen molar-refractivity contribution >= 4 is 40.0 Å². The van der Waals surface area contributed by atoms with E-state index in [-0.39, 0.29) is 29.7 Å². The number of methoxy groups -OCH3 is 1. The lowest BCUT2D eigenvalue weighted by Crippen LogP contribution is -2.38. The van der Waals surface area contributed by atoms with Gasteiger partial charge in [-0.15, -0.1) is 24.0 Å². The van der Waals surface area contributed by atoms with Gasteiger partial charge in [-0.2, -0.15) is 0 Å². The van der Waals surface area contributed by atoms with Crippen LogP contribution < -0.4 is 20.1 Å². The molecule has 0 radical (unpaired) electrons. The Morgan fingerprint density at radius 3 is 2.56 bits per heavy atom. The summed E-state index contributed by atoms with van der Waals surface area (Å²) in [4.78, 5) is 4.48. The van der Waals surface area contributed by atoms with Crippen molar-refractivity contribution in [3.8, 4) is 5.75 Å². The maximum Gasteiger partial charge on any atom is 0.211 e.